The molecule has 1 aromatic carbocycles. The van der Waals surface area contributed by atoms with Crippen LogP contribution in [-0.4, -0.2) is 16.1 Å². The summed E-state index contributed by atoms with van der Waals surface area (Å²) in [6.07, 6.45) is 0. The summed E-state index contributed by atoms with van der Waals surface area (Å²) in [5.74, 6) is -0.181. The van der Waals surface area contributed by atoms with Crippen molar-refractivity contribution in [1.82, 2.24) is 15.5 Å². The largest absolute Gasteiger partial charge is 0.347 e. The summed E-state index contributed by atoms with van der Waals surface area (Å²) in [6, 6.07) is 16.0. The lowest BCUT2D eigenvalue weighted by atomic mass is 10.0. The van der Waals surface area contributed by atoms with E-state index in [9.17, 15) is 4.79 Å². The molecule has 4 rings (SSSR count). The van der Waals surface area contributed by atoms with Crippen LogP contribution in [0.15, 0.2) is 64.7 Å². The minimum absolute atomic E-state index is 0.181. The Morgan fingerprint density at radius 2 is 2.04 bits per heavy atom. The van der Waals surface area contributed by atoms with Crippen molar-refractivity contribution < 1.29 is 4.79 Å². The number of benzene rings is 1. The highest BCUT2D eigenvalue weighted by Gasteiger charge is 2.13. The predicted molar refractivity (Wildman–Crippen MR) is 103 cm³/mol. The van der Waals surface area contributed by atoms with E-state index in [1.54, 1.807) is 28.7 Å². The van der Waals surface area contributed by atoms with Gasteiger partial charge in [-0.25, -0.2) is 0 Å². The molecule has 0 saturated carbocycles. The molecule has 0 aliphatic rings. The Morgan fingerprint density at radius 3 is 2.84 bits per heavy atom. The smallest absolute Gasteiger partial charge is 0.272 e. The molecule has 0 spiro atoms. The van der Waals surface area contributed by atoms with Crippen LogP contribution in [0.25, 0.3) is 21.7 Å². The Morgan fingerprint density at radius 1 is 1.12 bits per heavy atom. The van der Waals surface area contributed by atoms with Gasteiger partial charge in [0.1, 0.15) is 0 Å². The first-order chi connectivity index (χ1) is 12.3. The molecule has 0 aliphatic carbocycles. The van der Waals surface area contributed by atoms with Crippen molar-refractivity contribution >= 4 is 28.6 Å². The number of aromatic nitrogens is 2. The maximum absolute atomic E-state index is 12.4. The Kier molecular flexibility index (Phi) is 4.45. The first kappa shape index (κ1) is 15.8. The minimum atomic E-state index is -0.181. The topological polar surface area (TPSA) is 57.8 Å². The van der Waals surface area contributed by atoms with Crippen LogP contribution in [0.3, 0.4) is 0 Å². The van der Waals surface area contributed by atoms with Gasteiger partial charge in [0.15, 0.2) is 5.69 Å². The number of carbonyl (C=O) groups is 1. The fraction of sp³-hybridized carbons (Fsp3) is 0.0526. The van der Waals surface area contributed by atoms with Crippen molar-refractivity contribution in [3.63, 3.8) is 0 Å². The molecule has 6 heteroatoms. The summed E-state index contributed by atoms with van der Waals surface area (Å²) in [6.45, 7) is 0.464. The second kappa shape index (κ2) is 7.04. The zero-order valence-electron chi connectivity index (χ0n) is 13.2. The van der Waals surface area contributed by atoms with Crippen LogP contribution in [0.2, 0.25) is 0 Å². The fourth-order valence-corrected chi connectivity index (χ4v) is 3.98. The molecule has 0 aliphatic heterocycles. The van der Waals surface area contributed by atoms with Gasteiger partial charge in [0.2, 0.25) is 0 Å². The first-order valence-corrected chi connectivity index (χ1v) is 9.61. The normalized spacial score (nSPS) is 10.7. The average molecular weight is 365 g/mol. The summed E-state index contributed by atoms with van der Waals surface area (Å²) >= 11 is 3.28. The van der Waals surface area contributed by atoms with Crippen LogP contribution in [-0.2, 0) is 6.54 Å². The van der Waals surface area contributed by atoms with Crippen LogP contribution in [0.5, 0.6) is 0 Å². The van der Waals surface area contributed by atoms with E-state index in [-0.39, 0.29) is 5.91 Å². The van der Waals surface area contributed by atoms with Crippen molar-refractivity contribution in [1.29, 1.82) is 0 Å². The molecule has 0 radical (unpaired) electrons. The van der Waals surface area contributed by atoms with E-state index in [1.165, 1.54) is 5.56 Å². The maximum Gasteiger partial charge on any atom is 0.272 e. The summed E-state index contributed by atoms with van der Waals surface area (Å²) in [4.78, 5) is 13.5. The summed E-state index contributed by atoms with van der Waals surface area (Å²) in [5.41, 5.74) is 4.67. The number of hydrogen-bond acceptors (Lipinski definition) is 4. The van der Waals surface area contributed by atoms with Gasteiger partial charge in [-0.2, -0.15) is 16.4 Å². The number of hydrogen-bond donors (Lipinski definition) is 2. The molecule has 124 valence electrons. The molecular formula is C19H15N3OS2. The van der Waals surface area contributed by atoms with E-state index in [0.29, 0.717) is 12.2 Å². The second-order valence-electron chi connectivity index (χ2n) is 5.50. The highest BCUT2D eigenvalue weighted by molar-refractivity contribution is 7.13. The van der Waals surface area contributed by atoms with Crippen molar-refractivity contribution in [2.75, 3.05) is 0 Å². The number of nitrogens with zero attached hydrogens (tertiary/aromatic N) is 1. The third kappa shape index (κ3) is 3.40. The van der Waals surface area contributed by atoms with Gasteiger partial charge in [-0.3, -0.25) is 9.89 Å². The zero-order valence-corrected chi connectivity index (χ0v) is 14.9. The van der Waals surface area contributed by atoms with E-state index < -0.39 is 0 Å². The summed E-state index contributed by atoms with van der Waals surface area (Å²) < 4.78 is 0. The second-order valence-corrected chi connectivity index (χ2v) is 7.22. The van der Waals surface area contributed by atoms with Crippen LogP contribution in [0, 0.1) is 0 Å². The first-order valence-electron chi connectivity index (χ1n) is 7.79. The molecule has 4 aromatic rings. The molecule has 3 heterocycles. The molecule has 0 unspecified atom stereocenters. The Bertz CT molecular complexity index is 972. The number of thiophene rings is 2. The lowest BCUT2D eigenvalue weighted by Gasteiger charge is -2.09. The number of rotatable bonds is 5. The molecule has 4 nitrogen and oxygen atoms in total. The molecule has 0 fully saturated rings. The van der Waals surface area contributed by atoms with Crippen LogP contribution >= 0.6 is 22.7 Å². The number of H-pyrrole nitrogens is 1. The zero-order chi connectivity index (χ0) is 17.1. The summed E-state index contributed by atoms with van der Waals surface area (Å²) in [7, 11) is 0. The standard InChI is InChI=1S/C19H15N3OS2/c23-19(17-10-16(21-22-17)18-6-3-8-25-18)20-11-13-4-1-2-5-15(13)14-7-9-24-12-14/h1-10,12H,11H2,(H,20,23)(H,21,22). The summed E-state index contributed by atoms with van der Waals surface area (Å²) in [5, 5.41) is 16.2. The minimum Gasteiger partial charge on any atom is -0.347 e. The van der Waals surface area contributed by atoms with Crippen molar-refractivity contribution in [3.05, 3.63) is 75.9 Å². The average Bonchev–Trinajstić information content (AvgIpc) is 3.41. The van der Waals surface area contributed by atoms with Crippen molar-refractivity contribution in [2.45, 2.75) is 6.54 Å². The Labute approximate surface area is 153 Å². The van der Waals surface area contributed by atoms with Crippen molar-refractivity contribution in [3.8, 4) is 21.7 Å². The van der Waals surface area contributed by atoms with Crippen LogP contribution < -0.4 is 5.32 Å². The monoisotopic (exact) mass is 365 g/mol. The van der Waals surface area contributed by atoms with Gasteiger partial charge < -0.3 is 5.32 Å². The van der Waals surface area contributed by atoms with Gasteiger partial charge in [-0.15, -0.1) is 11.3 Å². The van der Waals surface area contributed by atoms with Crippen LogP contribution in [0.1, 0.15) is 16.1 Å². The SMILES string of the molecule is O=C(NCc1ccccc1-c1ccsc1)c1cc(-c2cccs2)[nH]n1. The number of carbonyl (C=O) groups excluding carboxylic acids is 1. The molecule has 0 atom stereocenters. The third-order valence-corrected chi connectivity index (χ3v) is 5.47. The third-order valence-electron chi connectivity index (χ3n) is 3.89. The highest BCUT2D eigenvalue weighted by Crippen LogP contribution is 2.26. The fourth-order valence-electron chi connectivity index (χ4n) is 2.64. The van der Waals surface area contributed by atoms with Gasteiger partial charge in [0.25, 0.3) is 5.91 Å². The number of amides is 1. The number of aromatic amines is 1. The number of nitrogens with one attached hydrogen (secondary N) is 2. The van der Waals surface area contributed by atoms with Gasteiger partial charge in [-0.05, 0) is 51.0 Å². The highest BCUT2D eigenvalue weighted by atomic mass is 32.1. The van der Waals surface area contributed by atoms with Gasteiger partial charge in [-0.1, -0.05) is 30.3 Å². The van der Waals surface area contributed by atoms with E-state index >= 15 is 0 Å². The van der Waals surface area contributed by atoms with Crippen molar-refractivity contribution in [2.24, 2.45) is 0 Å². The van der Waals surface area contributed by atoms with E-state index in [2.05, 4.69) is 38.4 Å². The molecule has 25 heavy (non-hydrogen) atoms. The van der Waals surface area contributed by atoms with Crippen LogP contribution in [0.4, 0.5) is 0 Å². The maximum atomic E-state index is 12.4. The van der Waals surface area contributed by atoms with Gasteiger partial charge in [0, 0.05) is 6.54 Å². The molecule has 1 amide bonds. The quantitative estimate of drug-likeness (QED) is 0.534. The van der Waals surface area contributed by atoms with E-state index in [1.807, 2.05) is 35.7 Å². The molecule has 0 saturated heterocycles. The van der Waals surface area contributed by atoms with Gasteiger partial charge in [0.05, 0.1) is 10.6 Å². The lowest BCUT2D eigenvalue weighted by Crippen LogP contribution is -2.23. The predicted octanol–water partition coefficient (Wildman–Crippen LogP) is 4.80. The molecule has 0 bridgehead atoms. The Hall–Kier alpha value is -2.70. The van der Waals surface area contributed by atoms with E-state index in [0.717, 1.165) is 21.7 Å². The van der Waals surface area contributed by atoms with E-state index in [4.69, 9.17) is 0 Å². The molecule has 2 N–H and O–H groups in total. The lowest BCUT2D eigenvalue weighted by molar-refractivity contribution is 0.0946. The molecular weight excluding hydrogens is 350 g/mol. The molecule has 3 aromatic heterocycles. The van der Waals surface area contributed by atoms with Gasteiger partial charge >= 0.3 is 0 Å². The Balaban J connectivity index is 1.48.